The maximum atomic E-state index is 13.7. The van der Waals surface area contributed by atoms with Crippen molar-refractivity contribution in [1.82, 2.24) is 8.61 Å². The van der Waals surface area contributed by atoms with Crippen LogP contribution in [0.5, 0.6) is 11.5 Å². The Kier molecular flexibility index (Phi) is 9.47. The van der Waals surface area contributed by atoms with Crippen LogP contribution in [-0.4, -0.2) is 76.6 Å². The van der Waals surface area contributed by atoms with E-state index in [0.29, 0.717) is 17.2 Å². The summed E-state index contributed by atoms with van der Waals surface area (Å²) in [5.74, 6) is 7.06. The van der Waals surface area contributed by atoms with Crippen LogP contribution in [0.3, 0.4) is 0 Å². The van der Waals surface area contributed by atoms with Gasteiger partial charge in [0.1, 0.15) is 22.5 Å². The molecule has 1 heterocycles. The van der Waals surface area contributed by atoms with Crippen molar-refractivity contribution >= 4 is 20.0 Å². The molecule has 1 saturated carbocycles. The summed E-state index contributed by atoms with van der Waals surface area (Å²) < 4.78 is 68.1. The van der Waals surface area contributed by atoms with E-state index in [-0.39, 0.29) is 35.2 Å². The molecule has 0 amide bonds. The predicted octanol–water partition coefficient (Wildman–Crippen LogP) is 3.33. The molecule has 1 aliphatic heterocycles. The number of aliphatic hydroxyl groups is 1. The molecular formula is C29H38N2O7S2. The molecular weight excluding hydrogens is 552 g/mol. The first-order valence-corrected chi connectivity index (χ1v) is 16.4. The second-order valence-electron chi connectivity index (χ2n) is 10.6. The Morgan fingerprint density at radius 2 is 1.85 bits per heavy atom. The normalized spacial score (nSPS) is 22.4. The zero-order valence-corrected chi connectivity index (χ0v) is 25.0. The molecule has 2 aromatic carbocycles. The molecule has 0 aromatic heterocycles. The quantitative estimate of drug-likeness (QED) is 0.492. The first kappa shape index (κ1) is 30.3. The molecule has 0 radical (unpaired) electrons. The molecule has 11 heteroatoms. The Hall–Kier alpha value is -2.62. The van der Waals surface area contributed by atoms with Crippen molar-refractivity contribution in [3.63, 3.8) is 0 Å². The van der Waals surface area contributed by atoms with Crippen molar-refractivity contribution in [3.05, 3.63) is 48.0 Å². The summed E-state index contributed by atoms with van der Waals surface area (Å²) in [4.78, 5) is 0.0778. The van der Waals surface area contributed by atoms with Gasteiger partial charge in [-0.1, -0.05) is 31.6 Å². The minimum Gasteiger partial charge on any atom is -0.497 e. The Bertz CT molecular complexity index is 1460. The number of methoxy groups -OCH3 is 1. The van der Waals surface area contributed by atoms with Crippen LogP contribution in [0.25, 0.3) is 0 Å². The zero-order valence-electron chi connectivity index (χ0n) is 23.4. The first-order chi connectivity index (χ1) is 19.0. The third-order valence-corrected chi connectivity index (χ3v) is 11.5. The summed E-state index contributed by atoms with van der Waals surface area (Å²) in [5, 5.41) is 9.86. The molecule has 4 rings (SSSR count). The minimum absolute atomic E-state index is 0.0195. The number of ether oxygens (including phenoxy) is 2. The summed E-state index contributed by atoms with van der Waals surface area (Å²) in [6.45, 7) is 3.13. The van der Waals surface area contributed by atoms with Crippen LogP contribution in [0.1, 0.15) is 45.1 Å². The van der Waals surface area contributed by atoms with Gasteiger partial charge in [0.05, 0.1) is 25.2 Å². The molecule has 0 saturated heterocycles. The third-order valence-electron chi connectivity index (χ3n) is 7.65. The predicted molar refractivity (Wildman–Crippen MR) is 152 cm³/mol. The second-order valence-corrected chi connectivity index (χ2v) is 14.5. The maximum absolute atomic E-state index is 13.7. The molecule has 9 nitrogen and oxygen atoms in total. The van der Waals surface area contributed by atoms with Gasteiger partial charge in [-0.3, -0.25) is 0 Å². The SMILES string of the molecule is COc1ccc(S(=O)(=O)N(C)C[C@@H]2Oc3cc(C#CC4CCCC4)ccc3S(=O)(=O)N([C@H](C)CO)C[C@H]2C)cc1. The van der Waals surface area contributed by atoms with Gasteiger partial charge < -0.3 is 14.6 Å². The number of hydrogen-bond acceptors (Lipinski definition) is 7. The van der Waals surface area contributed by atoms with Gasteiger partial charge in [0.2, 0.25) is 20.0 Å². The summed E-state index contributed by atoms with van der Waals surface area (Å²) in [6.07, 6.45) is 3.77. The number of hydrogen-bond donors (Lipinski definition) is 1. The highest BCUT2D eigenvalue weighted by Crippen LogP contribution is 2.35. The van der Waals surface area contributed by atoms with E-state index in [1.807, 2.05) is 6.92 Å². The van der Waals surface area contributed by atoms with E-state index in [0.717, 1.165) is 25.7 Å². The molecule has 218 valence electrons. The standard InChI is InChI=1S/C29H38N2O7S2/c1-21-18-31(22(2)20-32)40(35,36)29-16-11-24(10-9-23-7-5-6-8-23)17-27(29)38-28(21)19-30(3)39(33,34)26-14-12-25(37-4)13-15-26/h11-17,21-23,28,32H,5-8,18-20H2,1-4H3/t21-,22-,28+/m1/s1. The van der Waals surface area contributed by atoms with Crippen LogP contribution in [0, 0.1) is 23.7 Å². The third kappa shape index (κ3) is 6.47. The van der Waals surface area contributed by atoms with Crippen LogP contribution >= 0.6 is 0 Å². The number of aliphatic hydroxyl groups excluding tert-OH is 1. The molecule has 0 spiro atoms. The summed E-state index contributed by atoms with van der Waals surface area (Å²) in [5.41, 5.74) is 0.633. The van der Waals surface area contributed by atoms with Crippen molar-refractivity contribution in [2.75, 3.05) is 33.9 Å². The van der Waals surface area contributed by atoms with E-state index in [1.165, 1.54) is 41.0 Å². The van der Waals surface area contributed by atoms with Gasteiger partial charge in [0.15, 0.2) is 0 Å². The fraction of sp³-hybridized carbons (Fsp3) is 0.517. The lowest BCUT2D eigenvalue weighted by molar-refractivity contribution is 0.0904. The van der Waals surface area contributed by atoms with Crippen molar-refractivity contribution in [1.29, 1.82) is 0 Å². The van der Waals surface area contributed by atoms with Gasteiger partial charge in [-0.2, -0.15) is 8.61 Å². The van der Waals surface area contributed by atoms with Crippen LogP contribution < -0.4 is 9.47 Å². The van der Waals surface area contributed by atoms with Crippen LogP contribution in [0.15, 0.2) is 52.3 Å². The van der Waals surface area contributed by atoms with E-state index in [2.05, 4.69) is 11.8 Å². The van der Waals surface area contributed by atoms with E-state index in [1.54, 1.807) is 31.2 Å². The minimum atomic E-state index is -4.01. The number of nitrogens with zero attached hydrogens (tertiary/aromatic N) is 2. The summed E-state index contributed by atoms with van der Waals surface area (Å²) >= 11 is 0. The largest absolute Gasteiger partial charge is 0.497 e. The summed E-state index contributed by atoms with van der Waals surface area (Å²) in [6, 6.07) is 10.2. The maximum Gasteiger partial charge on any atom is 0.247 e. The van der Waals surface area contributed by atoms with E-state index >= 15 is 0 Å². The number of sulfonamides is 2. The van der Waals surface area contributed by atoms with Crippen LogP contribution in [0.4, 0.5) is 0 Å². The fourth-order valence-electron chi connectivity index (χ4n) is 5.06. The van der Waals surface area contributed by atoms with Crippen molar-refractivity contribution in [2.45, 2.75) is 61.5 Å². The topological polar surface area (TPSA) is 113 Å². The van der Waals surface area contributed by atoms with Gasteiger partial charge >= 0.3 is 0 Å². The molecule has 2 aromatic rings. The highest BCUT2D eigenvalue weighted by atomic mass is 32.2. The van der Waals surface area contributed by atoms with Gasteiger partial charge in [0.25, 0.3) is 0 Å². The average molecular weight is 591 g/mol. The zero-order chi connectivity index (χ0) is 29.1. The van der Waals surface area contributed by atoms with Crippen LogP contribution in [0.2, 0.25) is 0 Å². The number of benzene rings is 2. The molecule has 1 N–H and O–H groups in total. The molecule has 1 aliphatic carbocycles. The van der Waals surface area contributed by atoms with E-state index in [9.17, 15) is 21.9 Å². The Labute approximate surface area is 238 Å². The molecule has 2 aliphatic rings. The first-order valence-electron chi connectivity index (χ1n) is 13.5. The second kappa shape index (κ2) is 12.5. The van der Waals surface area contributed by atoms with Crippen molar-refractivity contribution in [2.24, 2.45) is 11.8 Å². The van der Waals surface area contributed by atoms with Crippen LogP contribution in [-0.2, 0) is 20.0 Å². The molecule has 1 fully saturated rings. The Balaban J connectivity index is 1.70. The van der Waals surface area contributed by atoms with Gasteiger partial charge in [0, 0.05) is 37.0 Å². The molecule has 0 bridgehead atoms. The highest BCUT2D eigenvalue weighted by molar-refractivity contribution is 7.89. The number of rotatable bonds is 7. The van der Waals surface area contributed by atoms with Crippen molar-refractivity contribution in [3.8, 4) is 23.3 Å². The Morgan fingerprint density at radius 1 is 1.18 bits per heavy atom. The highest BCUT2D eigenvalue weighted by Gasteiger charge is 2.39. The van der Waals surface area contributed by atoms with E-state index < -0.39 is 38.1 Å². The lowest BCUT2D eigenvalue weighted by Gasteiger charge is -2.37. The number of fused-ring (bicyclic) bond motifs is 1. The lowest BCUT2D eigenvalue weighted by Crippen LogP contribution is -2.50. The molecule has 40 heavy (non-hydrogen) atoms. The lowest BCUT2D eigenvalue weighted by atomic mass is 10.0. The molecule has 0 unspecified atom stereocenters. The fourth-order valence-corrected chi connectivity index (χ4v) is 8.06. The van der Waals surface area contributed by atoms with Gasteiger partial charge in [-0.05, 0) is 62.2 Å². The Morgan fingerprint density at radius 3 is 2.48 bits per heavy atom. The molecule has 3 atom stereocenters. The van der Waals surface area contributed by atoms with E-state index in [4.69, 9.17) is 9.47 Å². The van der Waals surface area contributed by atoms with Gasteiger partial charge in [-0.25, -0.2) is 16.8 Å². The van der Waals surface area contributed by atoms with Crippen molar-refractivity contribution < 1.29 is 31.4 Å². The summed E-state index contributed by atoms with van der Waals surface area (Å²) in [7, 11) is -4.89. The number of likely N-dealkylation sites (N-methyl/N-ethyl adjacent to an activating group) is 1. The average Bonchev–Trinajstić information content (AvgIpc) is 3.47. The smallest absolute Gasteiger partial charge is 0.247 e. The monoisotopic (exact) mass is 590 g/mol. The van der Waals surface area contributed by atoms with Gasteiger partial charge in [-0.15, -0.1) is 0 Å².